The lowest BCUT2D eigenvalue weighted by Crippen LogP contribution is -2.25. The highest BCUT2D eigenvalue weighted by Crippen LogP contribution is 2.49. The van der Waals surface area contributed by atoms with Gasteiger partial charge in [0.15, 0.2) is 18.2 Å². The normalized spacial score (nSPS) is 14.8. The molecule has 0 aliphatic heterocycles. The first-order valence-corrected chi connectivity index (χ1v) is 7.14. The maximum atomic E-state index is 6.09. The summed E-state index contributed by atoms with van der Waals surface area (Å²) in [5.74, 6) is 1.61. The Morgan fingerprint density at radius 2 is 1.76 bits per heavy atom. The summed E-state index contributed by atoms with van der Waals surface area (Å²) in [5, 5.41) is 0. The zero-order chi connectivity index (χ0) is 14.6. The lowest BCUT2D eigenvalue weighted by molar-refractivity contribution is -0.671. The van der Waals surface area contributed by atoms with Gasteiger partial charge in [-0.3, -0.25) is 0 Å². The van der Waals surface area contributed by atoms with Crippen LogP contribution in [0.4, 0.5) is 0 Å². The molecule has 0 N–H and O–H groups in total. The number of aryl methyl sites for hydroxylation is 1. The summed E-state index contributed by atoms with van der Waals surface area (Å²) < 4.78 is 8.09. The molecule has 0 bridgehead atoms. The van der Waals surface area contributed by atoms with Crippen LogP contribution in [0.1, 0.15) is 25.1 Å². The second-order valence-electron chi connectivity index (χ2n) is 6.12. The Labute approximate surface area is 123 Å². The topological polar surface area (TPSA) is 29.9 Å². The van der Waals surface area contributed by atoms with Gasteiger partial charge in [0.25, 0.3) is 0 Å². The first-order chi connectivity index (χ1) is 10.1. The van der Waals surface area contributed by atoms with Gasteiger partial charge < -0.3 is 4.42 Å². The fourth-order valence-electron chi connectivity index (χ4n) is 3.05. The first-order valence-electron chi connectivity index (χ1n) is 7.14. The van der Waals surface area contributed by atoms with Gasteiger partial charge in [0.05, 0.1) is 5.69 Å². The minimum absolute atomic E-state index is 0.104. The minimum Gasteiger partial charge on any atom is -0.436 e. The number of pyridine rings is 1. The van der Waals surface area contributed by atoms with E-state index in [0.717, 1.165) is 22.6 Å². The summed E-state index contributed by atoms with van der Waals surface area (Å²) in [4.78, 5) is 4.78. The molecular weight excluding hydrogens is 260 g/mol. The molecule has 0 unspecified atom stereocenters. The molecule has 0 atom stereocenters. The monoisotopic (exact) mass is 277 g/mol. The summed E-state index contributed by atoms with van der Waals surface area (Å²) >= 11 is 0. The molecular formula is C18H17N2O+. The molecule has 0 spiro atoms. The van der Waals surface area contributed by atoms with E-state index in [4.69, 9.17) is 9.40 Å². The van der Waals surface area contributed by atoms with E-state index in [0.29, 0.717) is 5.89 Å². The Kier molecular flexibility index (Phi) is 2.37. The van der Waals surface area contributed by atoms with E-state index in [2.05, 4.69) is 38.1 Å². The molecule has 2 aromatic heterocycles. The smallest absolute Gasteiger partial charge is 0.227 e. The van der Waals surface area contributed by atoms with E-state index in [9.17, 15) is 0 Å². The number of benzene rings is 1. The molecule has 3 aromatic rings. The van der Waals surface area contributed by atoms with E-state index >= 15 is 0 Å². The number of hydrogen-bond acceptors (Lipinski definition) is 2. The number of fused-ring (bicyclic) bond motifs is 3. The fourth-order valence-corrected chi connectivity index (χ4v) is 3.05. The van der Waals surface area contributed by atoms with Crippen LogP contribution in [0.15, 0.2) is 53.2 Å². The van der Waals surface area contributed by atoms with Crippen molar-refractivity contribution in [1.29, 1.82) is 0 Å². The van der Waals surface area contributed by atoms with Crippen molar-refractivity contribution in [2.75, 3.05) is 0 Å². The molecule has 0 saturated carbocycles. The predicted octanol–water partition coefficient (Wildman–Crippen LogP) is 3.47. The summed E-state index contributed by atoms with van der Waals surface area (Å²) in [7, 11) is 2.00. The van der Waals surface area contributed by atoms with Gasteiger partial charge in [0.1, 0.15) is 7.05 Å². The molecule has 2 heterocycles. The Bertz CT molecular complexity index is 829. The minimum atomic E-state index is -0.104. The Balaban J connectivity index is 1.91. The highest BCUT2D eigenvalue weighted by molar-refractivity contribution is 5.76. The van der Waals surface area contributed by atoms with Crippen LogP contribution in [0.5, 0.6) is 0 Å². The van der Waals surface area contributed by atoms with E-state index in [1.807, 2.05) is 36.1 Å². The van der Waals surface area contributed by atoms with Gasteiger partial charge in [0.2, 0.25) is 5.89 Å². The van der Waals surface area contributed by atoms with Crippen molar-refractivity contribution in [3.8, 4) is 22.8 Å². The van der Waals surface area contributed by atoms with Crippen LogP contribution in [-0.4, -0.2) is 4.98 Å². The highest BCUT2D eigenvalue weighted by atomic mass is 16.4. The Morgan fingerprint density at radius 1 is 1.05 bits per heavy atom. The quantitative estimate of drug-likeness (QED) is 0.637. The second-order valence-corrected chi connectivity index (χ2v) is 6.12. The third-order valence-corrected chi connectivity index (χ3v) is 4.29. The zero-order valence-corrected chi connectivity index (χ0v) is 12.4. The van der Waals surface area contributed by atoms with Crippen LogP contribution in [0.25, 0.3) is 22.8 Å². The molecule has 0 amide bonds. The fraction of sp³-hybridized carbons (Fsp3) is 0.222. The zero-order valence-electron chi connectivity index (χ0n) is 12.4. The highest BCUT2D eigenvalue weighted by Gasteiger charge is 2.40. The van der Waals surface area contributed by atoms with Gasteiger partial charge in [-0.2, -0.15) is 0 Å². The molecule has 0 fully saturated rings. The van der Waals surface area contributed by atoms with Crippen molar-refractivity contribution in [1.82, 2.24) is 4.98 Å². The SMILES string of the molecule is C[n+]1ccc(-c2nc3c(o2)-c2ccccc2C3(C)C)cc1. The van der Waals surface area contributed by atoms with Crippen molar-refractivity contribution >= 4 is 0 Å². The lowest BCUT2D eigenvalue weighted by Gasteiger charge is -2.18. The van der Waals surface area contributed by atoms with E-state index < -0.39 is 0 Å². The molecule has 0 radical (unpaired) electrons. The predicted molar refractivity (Wildman–Crippen MR) is 80.7 cm³/mol. The van der Waals surface area contributed by atoms with Crippen molar-refractivity contribution in [2.45, 2.75) is 19.3 Å². The van der Waals surface area contributed by atoms with Gasteiger partial charge >= 0.3 is 0 Å². The van der Waals surface area contributed by atoms with Crippen LogP contribution >= 0.6 is 0 Å². The third kappa shape index (κ3) is 1.67. The molecule has 21 heavy (non-hydrogen) atoms. The van der Waals surface area contributed by atoms with Gasteiger partial charge in [-0.15, -0.1) is 0 Å². The maximum absolute atomic E-state index is 6.09. The van der Waals surface area contributed by atoms with Crippen molar-refractivity contribution in [3.05, 3.63) is 60.0 Å². The van der Waals surface area contributed by atoms with Crippen LogP contribution in [0.3, 0.4) is 0 Å². The molecule has 1 aliphatic rings. The van der Waals surface area contributed by atoms with Crippen molar-refractivity contribution < 1.29 is 8.98 Å². The number of rotatable bonds is 1. The maximum Gasteiger partial charge on any atom is 0.227 e. The lowest BCUT2D eigenvalue weighted by atomic mass is 9.85. The van der Waals surface area contributed by atoms with Gasteiger partial charge in [0, 0.05) is 28.7 Å². The summed E-state index contributed by atoms with van der Waals surface area (Å²) in [6.07, 6.45) is 4.01. The van der Waals surface area contributed by atoms with Gasteiger partial charge in [-0.25, -0.2) is 9.55 Å². The average Bonchev–Trinajstić information content (AvgIpc) is 3.00. The van der Waals surface area contributed by atoms with Crippen LogP contribution in [0, 0.1) is 0 Å². The Morgan fingerprint density at radius 3 is 2.52 bits per heavy atom. The summed E-state index contributed by atoms with van der Waals surface area (Å²) in [6.45, 7) is 4.41. The first kappa shape index (κ1) is 12.3. The molecule has 3 heteroatoms. The molecule has 4 rings (SSSR count). The number of aromatic nitrogens is 2. The largest absolute Gasteiger partial charge is 0.436 e. The third-order valence-electron chi connectivity index (χ3n) is 4.29. The number of nitrogens with zero attached hydrogens (tertiary/aromatic N) is 2. The summed E-state index contributed by atoms with van der Waals surface area (Å²) in [6, 6.07) is 12.5. The van der Waals surface area contributed by atoms with Gasteiger partial charge in [-0.1, -0.05) is 24.3 Å². The van der Waals surface area contributed by atoms with Crippen molar-refractivity contribution in [3.63, 3.8) is 0 Å². The van der Waals surface area contributed by atoms with Crippen LogP contribution in [0.2, 0.25) is 0 Å². The number of oxazole rings is 1. The van der Waals surface area contributed by atoms with Crippen LogP contribution < -0.4 is 4.57 Å². The summed E-state index contributed by atoms with van der Waals surface area (Å²) in [5.41, 5.74) is 4.39. The molecule has 3 nitrogen and oxygen atoms in total. The van der Waals surface area contributed by atoms with E-state index in [1.54, 1.807) is 0 Å². The average molecular weight is 277 g/mol. The molecule has 1 aromatic carbocycles. The molecule has 104 valence electrons. The Hall–Kier alpha value is -2.42. The molecule has 0 saturated heterocycles. The van der Waals surface area contributed by atoms with Crippen molar-refractivity contribution in [2.24, 2.45) is 7.05 Å². The number of hydrogen-bond donors (Lipinski definition) is 0. The van der Waals surface area contributed by atoms with E-state index in [1.165, 1.54) is 5.56 Å². The second kappa shape index (κ2) is 4.04. The van der Waals surface area contributed by atoms with E-state index in [-0.39, 0.29) is 5.41 Å². The van der Waals surface area contributed by atoms with Gasteiger partial charge in [-0.05, 0) is 19.4 Å². The van der Waals surface area contributed by atoms with Crippen LogP contribution in [-0.2, 0) is 12.5 Å². The standard InChI is InChI=1S/C18H17N2O/c1-18(2)14-7-5-4-6-13(14)15-16(18)19-17(21-15)12-8-10-20(3)11-9-12/h4-11H,1-3H3/q+1. The molecule has 1 aliphatic carbocycles.